The third-order valence-electron chi connectivity index (χ3n) is 3.87. The fourth-order valence-corrected chi connectivity index (χ4v) is 4.33. The van der Waals surface area contributed by atoms with Gasteiger partial charge in [0.15, 0.2) is 9.84 Å². The summed E-state index contributed by atoms with van der Waals surface area (Å²) >= 11 is 0. The molecular weight excluding hydrogens is 382 g/mol. The van der Waals surface area contributed by atoms with E-state index in [0.717, 1.165) is 5.56 Å². The van der Waals surface area contributed by atoms with Crippen LogP contribution in [0.3, 0.4) is 0 Å². The number of carboxylic acid groups (broad SMARTS) is 2. The lowest BCUT2D eigenvalue weighted by atomic mass is 10.0. The molecule has 10 nitrogen and oxygen atoms in total. The molecule has 11 heteroatoms. The zero-order valence-electron chi connectivity index (χ0n) is 15.1. The average Bonchev–Trinajstić information content (AvgIpc) is 2.86. The third-order valence-corrected chi connectivity index (χ3v) is 5.59. The van der Waals surface area contributed by atoms with Crippen LogP contribution in [0.5, 0.6) is 11.5 Å². The maximum atomic E-state index is 11.5. The molecule has 0 aromatic heterocycles. The van der Waals surface area contributed by atoms with Crippen molar-refractivity contribution in [3.8, 4) is 11.5 Å². The van der Waals surface area contributed by atoms with Crippen molar-refractivity contribution in [2.24, 2.45) is 0 Å². The highest BCUT2D eigenvalue weighted by molar-refractivity contribution is 7.91. The van der Waals surface area contributed by atoms with Gasteiger partial charge in [-0.1, -0.05) is 0 Å². The molecule has 2 rings (SSSR count). The van der Waals surface area contributed by atoms with Crippen LogP contribution in [0, 0.1) is 0 Å². The number of aliphatic hydroxyl groups excluding tert-OH is 1. The molecule has 3 atom stereocenters. The normalized spacial score (nSPS) is 21.5. The van der Waals surface area contributed by atoms with Crippen LogP contribution in [-0.2, 0) is 19.4 Å². The van der Waals surface area contributed by atoms with E-state index in [9.17, 15) is 13.5 Å². The van der Waals surface area contributed by atoms with E-state index in [-0.39, 0.29) is 17.5 Å². The molecule has 152 valence electrons. The fraction of sp³-hybridized carbons (Fsp3) is 0.500. The summed E-state index contributed by atoms with van der Waals surface area (Å²) in [5, 5.41) is 27.8. The maximum absolute atomic E-state index is 11.5. The molecule has 0 aliphatic carbocycles. The van der Waals surface area contributed by atoms with Gasteiger partial charge >= 0.3 is 11.9 Å². The van der Waals surface area contributed by atoms with Gasteiger partial charge in [-0.3, -0.25) is 0 Å². The Bertz CT molecular complexity index is 766. The second kappa shape index (κ2) is 9.53. The Kier molecular flexibility index (Phi) is 8.00. The number of aliphatic hydroxyl groups is 1. The first-order valence-corrected chi connectivity index (χ1v) is 9.65. The molecule has 0 radical (unpaired) electrons. The molecule has 0 amide bonds. The van der Waals surface area contributed by atoms with Crippen molar-refractivity contribution < 1.29 is 42.8 Å². The standard InChI is InChI=1S/C14H21NO5S.C2H2O4/c1-9(15-12-7-21(17,18)8-13(12)16)11-6-10(19-2)4-5-14(11)20-3;3-1(4)2(5)6/h4-6,9,12-13,15-16H,7-8H2,1-3H3;(H,3,4)(H,5,6). The predicted molar refractivity (Wildman–Crippen MR) is 94.8 cm³/mol. The van der Waals surface area contributed by atoms with Gasteiger partial charge in [0.25, 0.3) is 0 Å². The van der Waals surface area contributed by atoms with Crippen LogP contribution in [0.25, 0.3) is 0 Å². The minimum absolute atomic E-state index is 0.0508. The van der Waals surface area contributed by atoms with Gasteiger partial charge < -0.3 is 30.1 Å². The number of nitrogens with one attached hydrogen (secondary N) is 1. The largest absolute Gasteiger partial charge is 0.497 e. The molecule has 3 unspecified atom stereocenters. The summed E-state index contributed by atoms with van der Waals surface area (Å²) in [5.74, 6) is -2.51. The van der Waals surface area contributed by atoms with E-state index in [2.05, 4.69) is 5.32 Å². The summed E-state index contributed by atoms with van der Waals surface area (Å²) in [5.41, 5.74) is 0.855. The molecule has 4 N–H and O–H groups in total. The third kappa shape index (κ3) is 6.70. The second-order valence-electron chi connectivity index (χ2n) is 5.86. The molecule has 1 aliphatic rings. The van der Waals surface area contributed by atoms with Gasteiger partial charge in [0.1, 0.15) is 11.5 Å². The lowest BCUT2D eigenvalue weighted by molar-refractivity contribution is -0.159. The zero-order valence-corrected chi connectivity index (χ0v) is 15.9. The van der Waals surface area contributed by atoms with E-state index in [1.165, 1.54) is 0 Å². The van der Waals surface area contributed by atoms with Crippen molar-refractivity contribution in [2.75, 3.05) is 25.7 Å². The SMILES string of the molecule is COc1ccc(OC)c(C(C)NC2CS(=O)(=O)CC2O)c1.O=C(O)C(=O)O. The predicted octanol–water partition coefficient (Wildman–Crippen LogP) is -0.332. The minimum Gasteiger partial charge on any atom is -0.497 e. The number of hydrogen-bond acceptors (Lipinski definition) is 8. The van der Waals surface area contributed by atoms with Crippen molar-refractivity contribution in [2.45, 2.75) is 25.1 Å². The van der Waals surface area contributed by atoms with Gasteiger partial charge in [0.05, 0.1) is 31.8 Å². The van der Waals surface area contributed by atoms with Crippen molar-refractivity contribution >= 4 is 21.8 Å². The summed E-state index contributed by atoms with van der Waals surface area (Å²) in [4.78, 5) is 18.2. The van der Waals surface area contributed by atoms with Crippen molar-refractivity contribution in [1.82, 2.24) is 5.32 Å². The highest BCUT2D eigenvalue weighted by Gasteiger charge is 2.37. The quantitative estimate of drug-likeness (QED) is 0.478. The number of carboxylic acids is 2. The Labute approximate surface area is 156 Å². The highest BCUT2D eigenvalue weighted by Crippen LogP contribution is 2.30. The number of carbonyl (C=O) groups is 2. The van der Waals surface area contributed by atoms with Gasteiger partial charge in [-0.05, 0) is 25.1 Å². The number of benzene rings is 1. The van der Waals surface area contributed by atoms with Gasteiger partial charge in [-0.15, -0.1) is 0 Å². The average molecular weight is 405 g/mol. The summed E-state index contributed by atoms with van der Waals surface area (Å²) in [6.45, 7) is 1.90. The number of sulfone groups is 1. The lowest BCUT2D eigenvalue weighted by Gasteiger charge is -2.23. The van der Waals surface area contributed by atoms with Crippen LogP contribution >= 0.6 is 0 Å². The molecule has 0 spiro atoms. The van der Waals surface area contributed by atoms with Crippen LogP contribution in [0.4, 0.5) is 0 Å². The zero-order chi connectivity index (χ0) is 20.8. The molecule has 1 saturated heterocycles. The summed E-state index contributed by atoms with van der Waals surface area (Å²) in [6.07, 6.45) is -0.881. The number of aliphatic carboxylic acids is 2. The fourth-order valence-electron chi connectivity index (χ4n) is 2.58. The van der Waals surface area contributed by atoms with E-state index >= 15 is 0 Å². The highest BCUT2D eigenvalue weighted by atomic mass is 32.2. The first kappa shape index (κ1) is 22.7. The van der Waals surface area contributed by atoms with Crippen molar-refractivity contribution in [3.63, 3.8) is 0 Å². The molecule has 0 saturated carbocycles. The Hall–Kier alpha value is -2.37. The molecule has 1 aliphatic heterocycles. The topological polar surface area (TPSA) is 159 Å². The monoisotopic (exact) mass is 405 g/mol. The van der Waals surface area contributed by atoms with Gasteiger partial charge in [-0.2, -0.15) is 0 Å². The Morgan fingerprint density at radius 1 is 1.15 bits per heavy atom. The summed E-state index contributed by atoms with van der Waals surface area (Å²) < 4.78 is 33.6. The smallest absolute Gasteiger partial charge is 0.414 e. The van der Waals surface area contributed by atoms with Crippen LogP contribution in [-0.4, -0.2) is 73.5 Å². The molecular formula is C16H23NO9S. The Morgan fingerprint density at radius 2 is 1.74 bits per heavy atom. The molecule has 0 bridgehead atoms. The van der Waals surface area contributed by atoms with E-state index < -0.39 is 33.9 Å². The first-order chi connectivity index (χ1) is 12.5. The lowest BCUT2D eigenvalue weighted by Crippen LogP contribution is -2.40. The van der Waals surface area contributed by atoms with E-state index in [4.69, 9.17) is 29.3 Å². The van der Waals surface area contributed by atoms with Gasteiger partial charge in [0, 0.05) is 17.6 Å². The maximum Gasteiger partial charge on any atom is 0.414 e. The second-order valence-corrected chi connectivity index (χ2v) is 8.01. The Morgan fingerprint density at radius 3 is 2.15 bits per heavy atom. The van der Waals surface area contributed by atoms with Crippen LogP contribution in [0.1, 0.15) is 18.5 Å². The summed E-state index contributed by atoms with van der Waals surface area (Å²) in [7, 11) is -0.0128. The van der Waals surface area contributed by atoms with Crippen molar-refractivity contribution in [1.29, 1.82) is 0 Å². The Balaban J connectivity index is 0.000000527. The number of hydrogen-bond donors (Lipinski definition) is 4. The van der Waals surface area contributed by atoms with E-state index in [1.807, 2.05) is 13.0 Å². The van der Waals surface area contributed by atoms with Crippen LogP contribution < -0.4 is 14.8 Å². The van der Waals surface area contributed by atoms with E-state index in [0.29, 0.717) is 11.5 Å². The van der Waals surface area contributed by atoms with Crippen molar-refractivity contribution in [3.05, 3.63) is 23.8 Å². The molecule has 27 heavy (non-hydrogen) atoms. The number of ether oxygens (including phenoxy) is 2. The van der Waals surface area contributed by atoms with Crippen LogP contribution in [0.2, 0.25) is 0 Å². The molecule has 1 aromatic carbocycles. The van der Waals surface area contributed by atoms with E-state index in [1.54, 1.807) is 26.4 Å². The van der Waals surface area contributed by atoms with Gasteiger partial charge in [-0.25, -0.2) is 18.0 Å². The minimum atomic E-state index is -3.17. The first-order valence-electron chi connectivity index (χ1n) is 7.83. The number of methoxy groups -OCH3 is 2. The summed E-state index contributed by atoms with van der Waals surface area (Å²) in [6, 6.07) is 4.79. The molecule has 1 heterocycles. The number of rotatable bonds is 5. The van der Waals surface area contributed by atoms with Crippen LogP contribution in [0.15, 0.2) is 18.2 Å². The van der Waals surface area contributed by atoms with Gasteiger partial charge in [0.2, 0.25) is 0 Å². The molecule has 1 aromatic rings. The molecule has 1 fully saturated rings.